The molecule has 314 valence electrons. The molecular weight excluding hydrogens is 767 g/mol. The van der Waals surface area contributed by atoms with E-state index in [-0.39, 0.29) is 66.0 Å². The molecule has 0 saturated heterocycles. The van der Waals surface area contributed by atoms with Crippen molar-refractivity contribution in [2.24, 2.45) is 5.92 Å². The Balaban J connectivity index is 1.72. The predicted octanol–water partition coefficient (Wildman–Crippen LogP) is 4.33. The highest BCUT2D eigenvalue weighted by Gasteiger charge is 2.34. The molecule has 0 saturated carbocycles. The van der Waals surface area contributed by atoms with Crippen molar-refractivity contribution in [3.63, 3.8) is 0 Å². The third-order valence-electron chi connectivity index (χ3n) is 8.71. The summed E-state index contributed by atoms with van der Waals surface area (Å²) in [5, 5.41) is 26.4. The predicted molar refractivity (Wildman–Crippen MR) is 202 cm³/mol. The molecule has 3 rings (SSSR count). The number of amides is 4. The number of furan rings is 1. The second kappa shape index (κ2) is 22.8. The molecule has 3 atom stereocenters. The molecule has 1 heterocycles. The summed E-state index contributed by atoms with van der Waals surface area (Å²) in [6, 6.07) is 8.47. The standard InChI is InChI=1S/C39H47FN4O14/c1-5-8-9-10-25(29(6-2)44(22-45)58-39(53)27-14-12-24(54-4)18-33(27)56-20-40)35(48)41-21-42-37(50)31-16-15-30(57-31)23-11-13-26(32(17-23)55-7-3)36(49)43-28(38(51)52)19-34(46)47/h11-18,22,25,28-29H,5-10,19-21H2,1-4H3,(H,41,48)(H,42,50)(H,43,49)(H,46,47)(H,51,52)/t25-,28+,29-/m1/s1. The first kappa shape index (κ1) is 45.7. The Hall–Kier alpha value is -6.66. The van der Waals surface area contributed by atoms with E-state index < -0.39 is 66.9 Å². The second-order valence-electron chi connectivity index (χ2n) is 12.5. The fraction of sp³-hybridized carbons (Fsp3) is 0.410. The third kappa shape index (κ3) is 12.7. The largest absolute Gasteiger partial charge is 0.497 e. The SMILES string of the molecule is CCCCC[C@@H](C(=O)NCNC(=O)c1ccc(-c2ccc(C(=O)N[C@@H](CC(=O)O)C(=O)O)c(OCC)c2)o1)[C@@H](CC)N(C=O)OC(=O)c1ccc(OC)cc1OCF. The van der Waals surface area contributed by atoms with E-state index in [4.69, 9.17) is 28.6 Å². The summed E-state index contributed by atoms with van der Waals surface area (Å²) in [5.41, 5.74) is 0.132. The Bertz CT molecular complexity index is 1920. The highest BCUT2D eigenvalue weighted by atomic mass is 19.1. The summed E-state index contributed by atoms with van der Waals surface area (Å²) >= 11 is 0. The lowest BCUT2D eigenvalue weighted by molar-refractivity contribution is -0.171. The smallest absolute Gasteiger partial charge is 0.366 e. The quantitative estimate of drug-likeness (QED) is 0.0346. The van der Waals surface area contributed by atoms with Gasteiger partial charge in [0.2, 0.25) is 19.2 Å². The molecule has 0 aliphatic rings. The molecule has 58 heavy (non-hydrogen) atoms. The lowest BCUT2D eigenvalue weighted by Gasteiger charge is -2.32. The lowest BCUT2D eigenvalue weighted by Crippen LogP contribution is -2.49. The number of unbranched alkanes of at least 4 members (excludes halogenated alkanes) is 2. The summed E-state index contributed by atoms with van der Waals surface area (Å²) in [7, 11) is 1.37. The van der Waals surface area contributed by atoms with Crippen LogP contribution in [0.3, 0.4) is 0 Å². The van der Waals surface area contributed by atoms with Crippen LogP contribution in [-0.4, -0.2) is 96.6 Å². The number of nitrogens with one attached hydrogen (secondary N) is 3. The van der Waals surface area contributed by atoms with Gasteiger partial charge in [0, 0.05) is 11.6 Å². The fourth-order valence-electron chi connectivity index (χ4n) is 5.84. The fourth-order valence-corrected chi connectivity index (χ4v) is 5.84. The summed E-state index contributed by atoms with van der Waals surface area (Å²) in [4.78, 5) is 92.8. The topological polar surface area (TPSA) is 249 Å². The number of halogens is 1. The van der Waals surface area contributed by atoms with Crippen LogP contribution in [0.25, 0.3) is 11.3 Å². The minimum atomic E-state index is -1.68. The molecule has 3 aromatic rings. The Morgan fingerprint density at radius 2 is 1.62 bits per heavy atom. The zero-order chi connectivity index (χ0) is 42.8. The number of hydrogen-bond acceptors (Lipinski definition) is 12. The number of alkyl halides is 1. The molecule has 0 spiro atoms. The molecule has 1 aromatic heterocycles. The van der Waals surface area contributed by atoms with Crippen LogP contribution in [0.1, 0.15) is 90.6 Å². The maximum atomic E-state index is 13.6. The van der Waals surface area contributed by atoms with Crippen LogP contribution >= 0.6 is 0 Å². The number of carbonyl (C=O) groups excluding carboxylic acids is 5. The van der Waals surface area contributed by atoms with E-state index in [2.05, 4.69) is 16.0 Å². The average Bonchev–Trinajstić information content (AvgIpc) is 3.70. The van der Waals surface area contributed by atoms with Crippen molar-refractivity contribution < 1.29 is 71.6 Å². The van der Waals surface area contributed by atoms with Gasteiger partial charge in [-0.3, -0.25) is 24.0 Å². The summed E-state index contributed by atoms with van der Waals surface area (Å²) in [5.74, 6) is -6.77. The average molecular weight is 815 g/mol. The second-order valence-corrected chi connectivity index (χ2v) is 12.5. The Morgan fingerprint density at radius 1 is 0.897 bits per heavy atom. The van der Waals surface area contributed by atoms with E-state index >= 15 is 0 Å². The Labute approximate surface area is 332 Å². The van der Waals surface area contributed by atoms with Gasteiger partial charge in [-0.15, -0.1) is 0 Å². The van der Waals surface area contributed by atoms with Crippen molar-refractivity contribution in [1.29, 1.82) is 0 Å². The number of benzene rings is 2. The maximum Gasteiger partial charge on any atom is 0.366 e. The van der Waals surface area contributed by atoms with E-state index in [0.29, 0.717) is 18.4 Å². The lowest BCUT2D eigenvalue weighted by atomic mass is 9.90. The van der Waals surface area contributed by atoms with Crippen LogP contribution in [0.15, 0.2) is 52.9 Å². The molecule has 0 bridgehead atoms. The van der Waals surface area contributed by atoms with Gasteiger partial charge >= 0.3 is 17.9 Å². The van der Waals surface area contributed by atoms with E-state index in [9.17, 15) is 43.1 Å². The number of hydrogen-bond donors (Lipinski definition) is 5. The first-order valence-electron chi connectivity index (χ1n) is 18.3. The number of methoxy groups -OCH3 is 1. The molecule has 18 nitrogen and oxygen atoms in total. The van der Waals surface area contributed by atoms with Gasteiger partial charge < -0.3 is 49.6 Å². The van der Waals surface area contributed by atoms with Crippen LogP contribution in [0, 0.1) is 5.92 Å². The van der Waals surface area contributed by atoms with Gasteiger partial charge in [-0.2, -0.15) is 5.06 Å². The van der Waals surface area contributed by atoms with Crippen LogP contribution in [0.2, 0.25) is 0 Å². The number of nitrogens with zero attached hydrogens (tertiary/aromatic N) is 1. The molecule has 0 fully saturated rings. The van der Waals surface area contributed by atoms with Crippen molar-refractivity contribution in [3.05, 3.63) is 65.4 Å². The van der Waals surface area contributed by atoms with Crippen LogP contribution in [0.5, 0.6) is 17.2 Å². The highest BCUT2D eigenvalue weighted by molar-refractivity contribution is 6.00. The molecule has 0 unspecified atom stereocenters. The molecule has 0 radical (unpaired) electrons. The number of ether oxygens (including phenoxy) is 3. The first-order chi connectivity index (χ1) is 27.8. The molecule has 19 heteroatoms. The summed E-state index contributed by atoms with van der Waals surface area (Å²) < 4.78 is 34.4. The molecule has 2 aromatic carbocycles. The van der Waals surface area contributed by atoms with E-state index in [1.165, 1.54) is 55.6 Å². The van der Waals surface area contributed by atoms with Crippen LogP contribution in [0.4, 0.5) is 4.39 Å². The third-order valence-corrected chi connectivity index (χ3v) is 8.71. The maximum absolute atomic E-state index is 13.6. The van der Waals surface area contributed by atoms with Crippen LogP contribution < -0.4 is 30.2 Å². The summed E-state index contributed by atoms with van der Waals surface area (Å²) in [6.07, 6.45) is 2.14. The van der Waals surface area contributed by atoms with Gasteiger partial charge in [0.25, 0.3) is 11.8 Å². The number of hydroxylamine groups is 2. The first-order valence-corrected chi connectivity index (χ1v) is 18.3. The van der Waals surface area contributed by atoms with Gasteiger partial charge in [0.05, 0.1) is 44.3 Å². The minimum Gasteiger partial charge on any atom is -0.497 e. The van der Waals surface area contributed by atoms with Crippen molar-refractivity contribution in [1.82, 2.24) is 21.0 Å². The zero-order valence-corrected chi connectivity index (χ0v) is 32.4. The Morgan fingerprint density at radius 3 is 2.24 bits per heavy atom. The van der Waals surface area contributed by atoms with Gasteiger partial charge in [0.1, 0.15) is 34.6 Å². The van der Waals surface area contributed by atoms with Gasteiger partial charge in [-0.1, -0.05) is 39.2 Å². The van der Waals surface area contributed by atoms with Crippen molar-refractivity contribution in [3.8, 4) is 28.6 Å². The van der Waals surface area contributed by atoms with Crippen LogP contribution in [-0.2, 0) is 24.0 Å². The van der Waals surface area contributed by atoms with E-state index in [1.54, 1.807) is 13.8 Å². The number of carboxylic acid groups (broad SMARTS) is 2. The molecule has 0 aliphatic carbocycles. The van der Waals surface area contributed by atoms with Gasteiger partial charge in [-0.05, 0) is 56.2 Å². The molecule has 0 aliphatic heterocycles. The van der Waals surface area contributed by atoms with E-state index in [1.807, 2.05) is 6.92 Å². The van der Waals surface area contributed by atoms with Crippen molar-refractivity contribution in [2.45, 2.75) is 71.4 Å². The van der Waals surface area contributed by atoms with E-state index in [0.717, 1.165) is 17.9 Å². The van der Waals surface area contributed by atoms with Gasteiger partial charge in [0.15, 0.2) is 5.76 Å². The molecule has 4 amide bonds. The van der Waals surface area contributed by atoms with Crippen molar-refractivity contribution in [2.75, 3.05) is 27.2 Å². The van der Waals surface area contributed by atoms with Crippen molar-refractivity contribution >= 4 is 42.0 Å². The number of rotatable bonds is 25. The number of aliphatic carboxylic acids is 2. The molecular formula is C39H47FN4O14. The number of carbonyl (C=O) groups is 7. The minimum absolute atomic E-state index is 0.0418. The molecule has 5 N–H and O–H groups in total. The Kier molecular flexibility index (Phi) is 18.0. The zero-order valence-electron chi connectivity index (χ0n) is 32.4. The van der Waals surface area contributed by atoms with Gasteiger partial charge in [-0.25, -0.2) is 14.0 Å². The summed E-state index contributed by atoms with van der Waals surface area (Å²) in [6.45, 7) is 3.86. The monoisotopic (exact) mass is 814 g/mol. The number of carboxylic acids is 2. The normalized spacial score (nSPS) is 12.2. The highest BCUT2D eigenvalue weighted by Crippen LogP contribution is 2.30.